The van der Waals surface area contributed by atoms with Gasteiger partial charge in [-0.25, -0.2) is 0 Å². The summed E-state index contributed by atoms with van der Waals surface area (Å²) in [7, 11) is 1.86. The van der Waals surface area contributed by atoms with Crippen molar-refractivity contribution in [3.8, 4) is 11.1 Å². The number of aliphatic carboxylic acids is 1. The molecule has 1 aliphatic carbocycles. The molecule has 0 atom stereocenters. The Hall–Kier alpha value is -2.13. The third kappa shape index (κ3) is 1.92. The van der Waals surface area contributed by atoms with Crippen LogP contribution in [0.3, 0.4) is 0 Å². The zero-order chi connectivity index (χ0) is 13.4. The summed E-state index contributed by atoms with van der Waals surface area (Å²) in [5, 5.41) is 9.00. The number of hydrogen-bond donors (Lipinski definition) is 1. The lowest BCUT2D eigenvalue weighted by Crippen LogP contribution is -2.29. The Labute approximate surface area is 112 Å². The van der Waals surface area contributed by atoms with E-state index in [0.29, 0.717) is 0 Å². The van der Waals surface area contributed by atoms with Crippen LogP contribution in [0.4, 0.5) is 0 Å². The first-order valence-electron chi connectivity index (χ1n) is 6.28. The summed E-state index contributed by atoms with van der Waals surface area (Å²) in [6.07, 6.45) is 0. The van der Waals surface area contributed by atoms with Gasteiger partial charge in [0.15, 0.2) is 0 Å². The van der Waals surface area contributed by atoms with Gasteiger partial charge in [0.2, 0.25) is 0 Å². The number of rotatable bonds is 3. The molecule has 0 spiro atoms. The minimum atomic E-state index is -0.802. The van der Waals surface area contributed by atoms with Crippen LogP contribution in [0.2, 0.25) is 0 Å². The molecule has 0 radical (unpaired) electrons. The van der Waals surface area contributed by atoms with Crippen molar-refractivity contribution in [1.29, 1.82) is 0 Å². The summed E-state index contributed by atoms with van der Waals surface area (Å²) < 4.78 is 0. The normalized spacial score (nSPS) is 13.4. The molecule has 0 aromatic heterocycles. The minimum absolute atomic E-state index is 0.0310. The molecule has 0 saturated heterocycles. The second kappa shape index (κ2) is 4.52. The fraction of sp³-hybridized carbons (Fsp3) is 0.188. The third-order valence-electron chi connectivity index (χ3n) is 3.63. The molecule has 2 aromatic rings. The van der Waals surface area contributed by atoms with Crippen molar-refractivity contribution in [2.45, 2.75) is 6.04 Å². The number of carboxylic acid groups (broad SMARTS) is 1. The predicted molar refractivity (Wildman–Crippen MR) is 74.0 cm³/mol. The lowest BCUT2D eigenvalue weighted by Gasteiger charge is -2.24. The van der Waals surface area contributed by atoms with Crippen molar-refractivity contribution in [2.24, 2.45) is 0 Å². The average molecular weight is 253 g/mol. The van der Waals surface area contributed by atoms with Crippen LogP contribution in [-0.4, -0.2) is 29.6 Å². The second-order valence-electron chi connectivity index (χ2n) is 4.89. The van der Waals surface area contributed by atoms with Gasteiger partial charge in [0.1, 0.15) is 0 Å². The molecule has 19 heavy (non-hydrogen) atoms. The van der Waals surface area contributed by atoms with E-state index in [2.05, 4.69) is 24.3 Å². The fourth-order valence-electron chi connectivity index (χ4n) is 2.91. The SMILES string of the molecule is CN(CC(=O)O)C1c2ccccc2-c2ccccc21. The van der Waals surface area contributed by atoms with Gasteiger partial charge in [0.25, 0.3) is 0 Å². The Bertz CT molecular complexity index is 591. The Balaban J connectivity index is 2.12. The van der Waals surface area contributed by atoms with Crippen molar-refractivity contribution < 1.29 is 9.90 Å². The van der Waals surface area contributed by atoms with Crippen LogP contribution >= 0.6 is 0 Å². The van der Waals surface area contributed by atoms with Gasteiger partial charge >= 0.3 is 5.97 Å². The van der Waals surface area contributed by atoms with Gasteiger partial charge in [-0.15, -0.1) is 0 Å². The highest BCUT2D eigenvalue weighted by molar-refractivity contribution is 5.79. The van der Waals surface area contributed by atoms with Crippen molar-refractivity contribution in [3.05, 3.63) is 59.7 Å². The van der Waals surface area contributed by atoms with Crippen LogP contribution in [-0.2, 0) is 4.79 Å². The first kappa shape index (κ1) is 11.9. The summed E-state index contributed by atoms with van der Waals surface area (Å²) in [5.74, 6) is -0.802. The molecular formula is C16H15NO2. The molecule has 2 aromatic carbocycles. The molecule has 1 aliphatic rings. The van der Waals surface area contributed by atoms with Gasteiger partial charge in [-0.3, -0.25) is 9.69 Å². The second-order valence-corrected chi connectivity index (χ2v) is 4.89. The lowest BCUT2D eigenvalue weighted by molar-refractivity contribution is -0.138. The zero-order valence-electron chi connectivity index (χ0n) is 10.7. The van der Waals surface area contributed by atoms with Crippen LogP contribution < -0.4 is 0 Å². The molecule has 0 heterocycles. The number of likely N-dealkylation sites (N-methyl/N-ethyl adjacent to an activating group) is 1. The molecule has 3 rings (SSSR count). The molecule has 3 heteroatoms. The monoisotopic (exact) mass is 253 g/mol. The molecule has 0 fully saturated rings. The molecule has 1 N–H and O–H groups in total. The topological polar surface area (TPSA) is 40.5 Å². The summed E-state index contributed by atoms with van der Waals surface area (Å²) in [6, 6.07) is 16.5. The smallest absolute Gasteiger partial charge is 0.317 e. The Morgan fingerprint density at radius 3 is 2.00 bits per heavy atom. The van der Waals surface area contributed by atoms with Crippen molar-refractivity contribution in [3.63, 3.8) is 0 Å². The number of carboxylic acids is 1. The molecule has 0 saturated carbocycles. The maximum Gasteiger partial charge on any atom is 0.317 e. The first-order valence-corrected chi connectivity index (χ1v) is 6.28. The highest BCUT2D eigenvalue weighted by Gasteiger charge is 2.31. The van der Waals surface area contributed by atoms with Gasteiger partial charge in [-0.05, 0) is 29.3 Å². The van der Waals surface area contributed by atoms with E-state index in [1.807, 2.05) is 36.2 Å². The maximum atomic E-state index is 10.9. The van der Waals surface area contributed by atoms with Gasteiger partial charge < -0.3 is 5.11 Å². The van der Waals surface area contributed by atoms with E-state index in [1.54, 1.807) is 0 Å². The molecule has 0 aliphatic heterocycles. The van der Waals surface area contributed by atoms with Crippen LogP contribution in [0, 0.1) is 0 Å². The van der Waals surface area contributed by atoms with Gasteiger partial charge in [-0.2, -0.15) is 0 Å². The van der Waals surface area contributed by atoms with Crippen LogP contribution in [0.15, 0.2) is 48.5 Å². The van der Waals surface area contributed by atoms with E-state index in [0.717, 1.165) is 0 Å². The highest BCUT2D eigenvalue weighted by Crippen LogP contribution is 2.45. The largest absolute Gasteiger partial charge is 0.480 e. The van der Waals surface area contributed by atoms with Crippen LogP contribution in [0.5, 0.6) is 0 Å². The lowest BCUT2D eigenvalue weighted by atomic mass is 10.0. The number of benzene rings is 2. The van der Waals surface area contributed by atoms with Gasteiger partial charge in [0, 0.05) is 0 Å². The molecule has 3 nitrogen and oxygen atoms in total. The number of nitrogens with zero attached hydrogens (tertiary/aromatic N) is 1. The number of fused-ring (bicyclic) bond motifs is 3. The molecule has 96 valence electrons. The number of carbonyl (C=O) groups is 1. The fourth-order valence-corrected chi connectivity index (χ4v) is 2.91. The molecule has 0 bridgehead atoms. The van der Waals surface area contributed by atoms with E-state index in [-0.39, 0.29) is 12.6 Å². The Morgan fingerprint density at radius 1 is 1.05 bits per heavy atom. The third-order valence-corrected chi connectivity index (χ3v) is 3.63. The zero-order valence-corrected chi connectivity index (χ0v) is 10.7. The minimum Gasteiger partial charge on any atom is -0.480 e. The maximum absolute atomic E-state index is 10.9. The predicted octanol–water partition coefficient (Wildman–Crippen LogP) is 2.77. The van der Waals surface area contributed by atoms with Crippen molar-refractivity contribution in [1.82, 2.24) is 4.90 Å². The molecule has 0 unspecified atom stereocenters. The van der Waals surface area contributed by atoms with E-state index in [9.17, 15) is 4.79 Å². The number of hydrogen-bond acceptors (Lipinski definition) is 2. The summed E-state index contributed by atoms with van der Waals surface area (Å²) in [4.78, 5) is 12.8. The Morgan fingerprint density at radius 2 is 1.53 bits per heavy atom. The van der Waals surface area contributed by atoms with E-state index in [4.69, 9.17) is 5.11 Å². The molecular weight excluding hydrogens is 238 g/mol. The summed E-state index contributed by atoms with van der Waals surface area (Å²) in [6.45, 7) is 0.0351. The summed E-state index contributed by atoms with van der Waals surface area (Å²) >= 11 is 0. The van der Waals surface area contributed by atoms with Crippen LogP contribution in [0.25, 0.3) is 11.1 Å². The standard InChI is InChI=1S/C16H15NO2/c1-17(10-15(18)19)16-13-8-4-2-6-11(13)12-7-3-5-9-14(12)16/h2-9,16H,10H2,1H3,(H,18,19). The van der Waals surface area contributed by atoms with Crippen molar-refractivity contribution >= 4 is 5.97 Å². The van der Waals surface area contributed by atoms with E-state index in [1.165, 1.54) is 22.3 Å². The highest BCUT2D eigenvalue weighted by atomic mass is 16.4. The first-order chi connectivity index (χ1) is 9.18. The van der Waals surface area contributed by atoms with Crippen molar-refractivity contribution in [2.75, 3.05) is 13.6 Å². The Kier molecular flexibility index (Phi) is 2.84. The van der Waals surface area contributed by atoms with Gasteiger partial charge in [0.05, 0.1) is 12.6 Å². The molecule has 0 amide bonds. The van der Waals surface area contributed by atoms with Crippen LogP contribution in [0.1, 0.15) is 17.2 Å². The average Bonchev–Trinajstić information content (AvgIpc) is 2.72. The van der Waals surface area contributed by atoms with Gasteiger partial charge in [-0.1, -0.05) is 48.5 Å². The quantitative estimate of drug-likeness (QED) is 0.914. The van der Waals surface area contributed by atoms with E-state index >= 15 is 0 Å². The van der Waals surface area contributed by atoms with E-state index < -0.39 is 5.97 Å². The summed E-state index contributed by atoms with van der Waals surface area (Å²) in [5.41, 5.74) is 4.79.